The van der Waals surface area contributed by atoms with E-state index in [1.165, 1.54) is 0 Å². The van der Waals surface area contributed by atoms with Crippen LogP contribution in [0.15, 0.2) is 12.4 Å². The van der Waals surface area contributed by atoms with Crippen molar-refractivity contribution in [2.45, 2.75) is 0 Å². The second-order valence-electron chi connectivity index (χ2n) is 3.81. The van der Waals surface area contributed by atoms with Crippen LogP contribution in [0.3, 0.4) is 0 Å². The van der Waals surface area contributed by atoms with E-state index in [1.54, 1.807) is 17.0 Å². The zero-order chi connectivity index (χ0) is 10.7. The lowest BCUT2D eigenvalue weighted by atomic mass is 10.3. The summed E-state index contributed by atoms with van der Waals surface area (Å²) in [5.41, 5.74) is 0. The minimum absolute atomic E-state index is 0.101. The predicted molar refractivity (Wildman–Crippen MR) is 56.8 cm³/mol. The van der Waals surface area contributed by atoms with Gasteiger partial charge in [-0.15, -0.1) is 0 Å². The molecule has 15 heavy (non-hydrogen) atoms. The molecule has 0 aliphatic carbocycles. The quantitative estimate of drug-likeness (QED) is 0.681. The standard InChI is InChI=1S/C10H16N4O/c1-13-5-4-12-10(13)9(15)8-14-6-2-11-3-7-14/h4-5,11H,2-3,6-8H2,1H3. The first-order valence-electron chi connectivity index (χ1n) is 5.21. The lowest BCUT2D eigenvalue weighted by Crippen LogP contribution is -2.45. The minimum Gasteiger partial charge on any atom is -0.332 e. The molecule has 1 aromatic rings. The Kier molecular flexibility index (Phi) is 3.13. The Hall–Kier alpha value is -1.20. The fraction of sp³-hybridized carbons (Fsp3) is 0.600. The average Bonchev–Trinajstić information content (AvgIpc) is 2.66. The summed E-state index contributed by atoms with van der Waals surface area (Å²) in [4.78, 5) is 18.1. The van der Waals surface area contributed by atoms with Crippen molar-refractivity contribution < 1.29 is 4.79 Å². The molecule has 0 atom stereocenters. The summed E-state index contributed by atoms with van der Waals surface area (Å²) in [5, 5.41) is 3.26. The average molecular weight is 208 g/mol. The van der Waals surface area contributed by atoms with Crippen molar-refractivity contribution in [3.05, 3.63) is 18.2 Å². The molecule has 0 amide bonds. The number of hydrogen-bond acceptors (Lipinski definition) is 4. The Morgan fingerprint density at radius 2 is 2.27 bits per heavy atom. The number of aryl methyl sites for hydroxylation is 1. The maximum absolute atomic E-state index is 11.8. The molecule has 2 heterocycles. The van der Waals surface area contributed by atoms with Gasteiger partial charge in [0.15, 0.2) is 5.82 Å². The molecule has 1 aliphatic rings. The number of piperazine rings is 1. The molecule has 0 spiro atoms. The molecule has 0 unspecified atom stereocenters. The zero-order valence-electron chi connectivity index (χ0n) is 8.94. The van der Waals surface area contributed by atoms with Crippen molar-refractivity contribution >= 4 is 5.78 Å². The number of rotatable bonds is 3. The van der Waals surface area contributed by atoms with Gasteiger partial charge in [-0.25, -0.2) is 4.98 Å². The first kappa shape index (κ1) is 10.3. The van der Waals surface area contributed by atoms with E-state index in [2.05, 4.69) is 15.2 Å². The largest absolute Gasteiger partial charge is 0.332 e. The highest BCUT2D eigenvalue weighted by molar-refractivity contribution is 5.94. The van der Waals surface area contributed by atoms with Gasteiger partial charge < -0.3 is 9.88 Å². The summed E-state index contributed by atoms with van der Waals surface area (Å²) in [5.74, 6) is 0.651. The molecule has 0 aromatic carbocycles. The van der Waals surface area contributed by atoms with Gasteiger partial charge in [-0.2, -0.15) is 0 Å². The van der Waals surface area contributed by atoms with Crippen molar-refractivity contribution in [3.63, 3.8) is 0 Å². The SMILES string of the molecule is Cn1ccnc1C(=O)CN1CCNCC1. The summed E-state index contributed by atoms with van der Waals surface area (Å²) >= 11 is 0. The summed E-state index contributed by atoms with van der Waals surface area (Å²) < 4.78 is 1.77. The van der Waals surface area contributed by atoms with Gasteiger partial charge in [0.25, 0.3) is 0 Å². The van der Waals surface area contributed by atoms with E-state index < -0.39 is 0 Å². The highest BCUT2D eigenvalue weighted by Gasteiger charge is 2.17. The molecule has 1 fully saturated rings. The first-order chi connectivity index (χ1) is 7.27. The molecule has 0 saturated carbocycles. The third-order valence-electron chi connectivity index (χ3n) is 2.65. The van der Waals surface area contributed by atoms with Gasteiger partial charge >= 0.3 is 0 Å². The summed E-state index contributed by atoms with van der Waals surface area (Å²) in [6.07, 6.45) is 3.45. The molecular formula is C10H16N4O. The van der Waals surface area contributed by atoms with Crippen LogP contribution in [0.2, 0.25) is 0 Å². The monoisotopic (exact) mass is 208 g/mol. The van der Waals surface area contributed by atoms with Crippen LogP contribution in [0.5, 0.6) is 0 Å². The molecular weight excluding hydrogens is 192 g/mol. The third-order valence-corrected chi connectivity index (χ3v) is 2.65. The van der Waals surface area contributed by atoms with Crippen LogP contribution >= 0.6 is 0 Å². The van der Waals surface area contributed by atoms with Crippen molar-refractivity contribution in [3.8, 4) is 0 Å². The molecule has 5 heteroatoms. The predicted octanol–water partition coefficient (Wildman–Crippen LogP) is -0.492. The normalized spacial score (nSPS) is 17.9. The fourth-order valence-corrected chi connectivity index (χ4v) is 1.78. The van der Waals surface area contributed by atoms with Gasteiger partial charge in [0.05, 0.1) is 6.54 Å². The fourth-order valence-electron chi connectivity index (χ4n) is 1.78. The second-order valence-corrected chi connectivity index (χ2v) is 3.81. The highest BCUT2D eigenvalue weighted by Crippen LogP contribution is 1.99. The molecule has 1 aliphatic heterocycles. The summed E-state index contributed by atoms with van der Waals surface area (Å²) in [6.45, 7) is 4.29. The van der Waals surface area contributed by atoms with Crippen LogP contribution in [-0.2, 0) is 7.05 Å². The number of aromatic nitrogens is 2. The molecule has 0 radical (unpaired) electrons. The Bertz CT molecular complexity index is 341. The molecule has 1 aromatic heterocycles. The number of carbonyl (C=O) groups excluding carboxylic acids is 1. The molecule has 82 valence electrons. The number of Topliss-reactive ketones (excluding diaryl/α,β-unsaturated/α-hetero) is 1. The zero-order valence-corrected chi connectivity index (χ0v) is 8.94. The molecule has 1 N–H and O–H groups in total. The number of carbonyl (C=O) groups is 1. The number of hydrogen-bond donors (Lipinski definition) is 1. The molecule has 5 nitrogen and oxygen atoms in total. The van der Waals surface area contributed by atoms with Crippen LogP contribution in [0.4, 0.5) is 0 Å². The van der Waals surface area contributed by atoms with E-state index in [0.29, 0.717) is 12.4 Å². The molecule has 1 saturated heterocycles. The lowest BCUT2D eigenvalue weighted by molar-refractivity contribution is 0.0908. The van der Waals surface area contributed by atoms with Gasteiger partial charge in [-0.05, 0) is 0 Å². The van der Waals surface area contributed by atoms with Gasteiger partial charge in [-0.3, -0.25) is 9.69 Å². The van der Waals surface area contributed by atoms with E-state index in [-0.39, 0.29) is 5.78 Å². The first-order valence-corrected chi connectivity index (χ1v) is 5.21. The van der Waals surface area contributed by atoms with E-state index in [0.717, 1.165) is 26.2 Å². The van der Waals surface area contributed by atoms with E-state index >= 15 is 0 Å². The topological polar surface area (TPSA) is 50.2 Å². The van der Waals surface area contributed by atoms with Gasteiger partial charge in [0.2, 0.25) is 5.78 Å². The van der Waals surface area contributed by atoms with Crippen molar-refractivity contribution in [1.29, 1.82) is 0 Å². The van der Waals surface area contributed by atoms with Crippen LogP contribution in [0.1, 0.15) is 10.6 Å². The van der Waals surface area contributed by atoms with Crippen LogP contribution < -0.4 is 5.32 Å². The summed E-state index contributed by atoms with van der Waals surface area (Å²) in [6, 6.07) is 0. The van der Waals surface area contributed by atoms with Crippen molar-refractivity contribution in [2.75, 3.05) is 32.7 Å². The maximum atomic E-state index is 11.8. The van der Waals surface area contributed by atoms with Crippen LogP contribution in [-0.4, -0.2) is 53.0 Å². The smallest absolute Gasteiger partial charge is 0.212 e. The molecule has 0 bridgehead atoms. The summed E-state index contributed by atoms with van der Waals surface area (Å²) in [7, 11) is 1.85. The Labute approximate surface area is 89.1 Å². The minimum atomic E-state index is 0.101. The van der Waals surface area contributed by atoms with Crippen LogP contribution in [0, 0.1) is 0 Å². The maximum Gasteiger partial charge on any atom is 0.212 e. The number of ketones is 1. The highest BCUT2D eigenvalue weighted by atomic mass is 16.1. The van der Waals surface area contributed by atoms with Crippen LogP contribution in [0.25, 0.3) is 0 Å². The Morgan fingerprint density at radius 3 is 2.87 bits per heavy atom. The van der Waals surface area contributed by atoms with E-state index in [9.17, 15) is 4.79 Å². The second kappa shape index (κ2) is 4.55. The van der Waals surface area contributed by atoms with Gasteiger partial charge in [0, 0.05) is 45.6 Å². The van der Waals surface area contributed by atoms with Gasteiger partial charge in [0.1, 0.15) is 0 Å². The Morgan fingerprint density at radius 1 is 1.53 bits per heavy atom. The number of nitrogens with zero attached hydrogens (tertiary/aromatic N) is 3. The van der Waals surface area contributed by atoms with Gasteiger partial charge in [-0.1, -0.05) is 0 Å². The molecule has 2 rings (SSSR count). The third kappa shape index (κ3) is 2.43. The van der Waals surface area contributed by atoms with Crippen molar-refractivity contribution in [1.82, 2.24) is 19.8 Å². The lowest BCUT2D eigenvalue weighted by Gasteiger charge is -2.26. The number of nitrogens with one attached hydrogen (secondary N) is 1. The number of imidazole rings is 1. The van der Waals surface area contributed by atoms with Crippen molar-refractivity contribution in [2.24, 2.45) is 7.05 Å². The van der Waals surface area contributed by atoms with E-state index in [1.807, 2.05) is 7.05 Å². The Balaban J connectivity index is 1.94. The van der Waals surface area contributed by atoms with E-state index in [4.69, 9.17) is 0 Å².